The van der Waals surface area contributed by atoms with E-state index < -0.39 is 6.10 Å². The van der Waals surface area contributed by atoms with Crippen molar-refractivity contribution in [2.75, 3.05) is 0 Å². The van der Waals surface area contributed by atoms with E-state index >= 15 is 0 Å². The molecular weight excluding hydrogens is 200 g/mol. The van der Waals surface area contributed by atoms with Crippen molar-refractivity contribution in [3.63, 3.8) is 0 Å². The Hall–Kier alpha value is -1.15. The summed E-state index contributed by atoms with van der Waals surface area (Å²) in [6.45, 7) is 5.96. The molecule has 1 aromatic carbocycles. The molecule has 88 valence electrons. The Bertz CT molecular complexity index is 336. The number of Topliss-reactive ketones (excluding diaryl/α,β-unsaturated/α-hetero) is 1. The number of carbonyl (C=O) groups excluding carboxylic acids is 1. The van der Waals surface area contributed by atoms with Gasteiger partial charge in [-0.05, 0) is 24.8 Å². The zero-order valence-corrected chi connectivity index (χ0v) is 10.2. The first-order valence-corrected chi connectivity index (χ1v) is 5.82. The molecule has 0 radical (unpaired) electrons. The molecule has 0 aliphatic rings. The average molecular weight is 220 g/mol. The molecule has 0 saturated heterocycles. The summed E-state index contributed by atoms with van der Waals surface area (Å²) in [4.78, 5) is 11.7. The van der Waals surface area contributed by atoms with Crippen LogP contribution in [0.15, 0.2) is 24.3 Å². The molecule has 16 heavy (non-hydrogen) atoms. The van der Waals surface area contributed by atoms with Crippen molar-refractivity contribution in [3.05, 3.63) is 35.4 Å². The Morgan fingerprint density at radius 3 is 2.19 bits per heavy atom. The van der Waals surface area contributed by atoms with Gasteiger partial charge in [0.15, 0.2) is 5.78 Å². The highest BCUT2D eigenvalue weighted by molar-refractivity contribution is 5.96. The van der Waals surface area contributed by atoms with Crippen molar-refractivity contribution in [1.29, 1.82) is 0 Å². The zero-order chi connectivity index (χ0) is 12.1. The lowest BCUT2D eigenvalue weighted by Gasteiger charge is -2.07. The van der Waals surface area contributed by atoms with Gasteiger partial charge in [-0.15, -0.1) is 0 Å². The van der Waals surface area contributed by atoms with Crippen molar-refractivity contribution in [1.82, 2.24) is 0 Å². The van der Waals surface area contributed by atoms with Gasteiger partial charge in [-0.1, -0.05) is 38.1 Å². The molecule has 1 unspecified atom stereocenters. The van der Waals surface area contributed by atoms with E-state index in [0.717, 1.165) is 5.56 Å². The fraction of sp³-hybridized carbons (Fsp3) is 0.500. The summed E-state index contributed by atoms with van der Waals surface area (Å²) in [7, 11) is 0. The van der Waals surface area contributed by atoms with Crippen LogP contribution >= 0.6 is 0 Å². The normalized spacial score (nSPS) is 12.8. The second kappa shape index (κ2) is 5.80. The number of hydrogen-bond donors (Lipinski definition) is 1. The van der Waals surface area contributed by atoms with Gasteiger partial charge in [0.2, 0.25) is 0 Å². The Morgan fingerprint density at radius 2 is 1.75 bits per heavy atom. The van der Waals surface area contributed by atoms with Crippen LogP contribution in [0.1, 0.15) is 55.5 Å². The largest absolute Gasteiger partial charge is 0.393 e. The number of rotatable bonds is 5. The molecule has 0 fully saturated rings. The van der Waals surface area contributed by atoms with Crippen molar-refractivity contribution in [2.45, 2.75) is 45.6 Å². The molecule has 0 heterocycles. The predicted octanol–water partition coefficient (Wildman–Crippen LogP) is 3.15. The molecule has 1 aromatic rings. The Labute approximate surface area is 97.3 Å². The fourth-order valence-corrected chi connectivity index (χ4v) is 1.54. The molecule has 1 atom stereocenters. The molecule has 0 aliphatic heterocycles. The highest BCUT2D eigenvalue weighted by atomic mass is 16.3. The molecule has 1 N–H and O–H groups in total. The summed E-state index contributed by atoms with van der Waals surface area (Å²) in [5.74, 6) is 0.595. The first-order valence-electron chi connectivity index (χ1n) is 5.82. The number of aliphatic hydroxyl groups excluding tert-OH is 1. The van der Waals surface area contributed by atoms with Crippen LogP contribution in [0.5, 0.6) is 0 Å². The van der Waals surface area contributed by atoms with E-state index in [4.69, 9.17) is 5.11 Å². The molecule has 0 spiro atoms. The second-order valence-electron chi connectivity index (χ2n) is 4.59. The maximum atomic E-state index is 11.7. The number of benzene rings is 1. The van der Waals surface area contributed by atoms with Crippen molar-refractivity contribution < 1.29 is 9.90 Å². The van der Waals surface area contributed by atoms with Crippen LogP contribution in [-0.2, 0) is 0 Å². The summed E-state index contributed by atoms with van der Waals surface area (Å²) >= 11 is 0. The molecule has 0 bridgehead atoms. The summed E-state index contributed by atoms with van der Waals surface area (Å²) in [5, 5.41) is 9.11. The van der Waals surface area contributed by atoms with Gasteiger partial charge in [0.05, 0.1) is 6.10 Å². The topological polar surface area (TPSA) is 37.3 Å². The predicted molar refractivity (Wildman–Crippen MR) is 65.8 cm³/mol. The van der Waals surface area contributed by atoms with Gasteiger partial charge in [0.25, 0.3) is 0 Å². The maximum absolute atomic E-state index is 11.7. The third kappa shape index (κ3) is 3.78. The summed E-state index contributed by atoms with van der Waals surface area (Å²) in [6.07, 6.45) is 0.544. The molecule has 2 nitrogen and oxygen atoms in total. The number of carbonyl (C=O) groups is 1. The van der Waals surface area contributed by atoms with E-state index in [1.807, 2.05) is 24.3 Å². The van der Waals surface area contributed by atoms with Crippen LogP contribution in [-0.4, -0.2) is 17.0 Å². The van der Waals surface area contributed by atoms with Gasteiger partial charge < -0.3 is 5.11 Å². The van der Waals surface area contributed by atoms with Crippen LogP contribution in [0.2, 0.25) is 0 Å². The van der Waals surface area contributed by atoms with E-state index in [-0.39, 0.29) is 5.78 Å². The second-order valence-corrected chi connectivity index (χ2v) is 4.59. The number of aliphatic hydroxyl groups is 1. The lowest BCUT2D eigenvalue weighted by Crippen LogP contribution is -2.06. The van der Waals surface area contributed by atoms with E-state index in [1.165, 1.54) is 5.56 Å². The molecule has 0 aliphatic carbocycles. The van der Waals surface area contributed by atoms with Gasteiger partial charge >= 0.3 is 0 Å². The molecule has 2 heteroatoms. The number of hydrogen-bond acceptors (Lipinski definition) is 2. The molecule has 0 saturated carbocycles. The van der Waals surface area contributed by atoms with Crippen molar-refractivity contribution in [3.8, 4) is 0 Å². The monoisotopic (exact) mass is 220 g/mol. The quantitative estimate of drug-likeness (QED) is 0.774. The fourth-order valence-electron chi connectivity index (χ4n) is 1.54. The standard InChI is InChI=1S/C14H20O2/c1-10(2)12-5-7-13(8-6-12)14(16)9-4-11(3)15/h5-8,10-11,15H,4,9H2,1-3H3. The first kappa shape index (κ1) is 12.9. The third-order valence-corrected chi connectivity index (χ3v) is 2.69. The van der Waals surface area contributed by atoms with Crippen LogP contribution in [0.3, 0.4) is 0 Å². The van der Waals surface area contributed by atoms with Gasteiger partial charge in [0.1, 0.15) is 0 Å². The van der Waals surface area contributed by atoms with E-state index in [2.05, 4.69) is 13.8 Å². The minimum absolute atomic E-state index is 0.108. The van der Waals surface area contributed by atoms with Crippen LogP contribution in [0.25, 0.3) is 0 Å². The third-order valence-electron chi connectivity index (χ3n) is 2.69. The summed E-state index contributed by atoms with van der Waals surface area (Å²) in [6, 6.07) is 7.75. The lowest BCUT2D eigenvalue weighted by molar-refractivity contribution is 0.0949. The Kier molecular flexibility index (Phi) is 4.69. The minimum atomic E-state index is -0.404. The molecule has 0 aromatic heterocycles. The summed E-state index contributed by atoms with van der Waals surface area (Å²) < 4.78 is 0. The molecule has 0 amide bonds. The summed E-state index contributed by atoms with van der Waals surface area (Å²) in [5.41, 5.74) is 1.98. The van der Waals surface area contributed by atoms with Crippen molar-refractivity contribution >= 4 is 5.78 Å². The Balaban J connectivity index is 2.63. The number of ketones is 1. The molecule has 1 rings (SSSR count). The minimum Gasteiger partial charge on any atom is -0.393 e. The lowest BCUT2D eigenvalue weighted by atomic mass is 9.99. The molecular formula is C14H20O2. The van der Waals surface area contributed by atoms with Crippen LogP contribution < -0.4 is 0 Å². The van der Waals surface area contributed by atoms with E-state index in [1.54, 1.807) is 6.92 Å². The Morgan fingerprint density at radius 1 is 1.19 bits per heavy atom. The highest BCUT2D eigenvalue weighted by Gasteiger charge is 2.08. The van der Waals surface area contributed by atoms with E-state index in [0.29, 0.717) is 18.8 Å². The average Bonchev–Trinajstić information content (AvgIpc) is 2.26. The van der Waals surface area contributed by atoms with E-state index in [9.17, 15) is 4.79 Å². The SMILES string of the molecule is CC(O)CCC(=O)c1ccc(C(C)C)cc1. The van der Waals surface area contributed by atoms with Gasteiger partial charge in [-0.3, -0.25) is 4.79 Å². The smallest absolute Gasteiger partial charge is 0.162 e. The maximum Gasteiger partial charge on any atom is 0.162 e. The zero-order valence-electron chi connectivity index (χ0n) is 10.2. The highest BCUT2D eigenvalue weighted by Crippen LogP contribution is 2.16. The van der Waals surface area contributed by atoms with Gasteiger partial charge in [-0.2, -0.15) is 0 Å². The van der Waals surface area contributed by atoms with Crippen LogP contribution in [0.4, 0.5) is 0 Å². The van der Waals surface area contributed by atoms with Crippen molar-refractivity contribution in [2.24, 2.45) is 0 Å². The van der Waals surface area contributed by atoms with Crippen LogP contribution in [0, 0.1) is 0 Å². The van der Waals surface area contributed by atoms with Gasteiger partial charge in [0, 0.05) is 12.0 Å². The first-order chi connectivity index (χ1) is 7.50. The van der Waals surface area contributed by atoms with Gasteiger partial charge in [-0.25, -0.2) is 0 Å².